The normalized spacial score (nSPS) is 10.3. The molecule has 0 spiro atoms. The van der Waals surface area contributed by atoms with Crippen molar-refractivity contribution in [2.75, 3.05) is 19.0 Å². The van der Waals surface area contributed by atoms with Crippen molar-refractivity contribution >= 4 is 11.6 Å². The van der Waals surface area contributed by atoms with Crippen LogP contribution in [0.5, 0.6) is 11.5 Å². The van der Waals surface area contributed by atoms with Crippen LogP contribution in [0.1, 0.15) is 34.2 Å². The highest BCUT2D eigenvalue weighted by Gasteiger charge is 2.14. The first-order valence-electron chi connectivity index (χ1n) is 7.53. The fourth-order valence-electron chi connectivity index (χ4n) is 2.48. The average Bonchev–Trinajstić information content (AvgIpc) is 2.51. The number of aryl methyl sites for hydroxylation is 3. The summed E-state index contributed by atoms with van der Waals surface area (Å²) in [7, 11) is 1.55. The van der Waals surface area contributed by atoms with Crippen molar-refractivity contribution in [2.24, 2.45) is 0 Å². The van der Waals surface area contributed by atoms with E-state index in [1.54, 1.807) is 25.3 Å². The topological polar surface area (TPSA) is 60.5 Å². The summed E-state index contributed by atoms with van der Waals surface area (Å²) >= 11 is 0. The van der Waals surface area contributed by atoms with E-state index < -0.39 is 0 Å². The second-order valence-corrected chi connectivity index (χ2v) is 5.29. The molecule has 1 heterocycles. The first-order valence-corrected chi connectivity index (χ1v) is 7.53. The molecule has 0 atom stereocenters. The number of aromatic nitrogens is 1. The third-order valence-electron chi connectivity index (χ3n) is 3.49. The molecule has 0 unspecified atom stereocenters. The van der Waals surface area contributed by atoms with Crippen LogP contribution in [-0.2, 0) is 0 Å². The highest BCUT2D eigenvalue weighted by molar-refractivity contribution is 6.05. The first kappa shape index (κ1) is 16.8. The Morgan fingerprint density at radius 3 is 2.52 bits per heavy atom. The van der Waals surface area contributed by atoms with Crippen LogP contribution in [0.15, 0.2) is 24.3 Å². The van der Waals surface area contributed by atoms with Gasteiger partial charge >= 0.3 is 0 Å². The van der Waals surface area contributed by atoms with E-state index >= 15 is 0 Å². The molecule has 0 saturated heterocycles. The predicted molar refractivity (Wildman–Crippen MR) is 90.6 cm³/mol. The molecule has 0 aliphatic carbocycles. The second-order valence-electron chi connectivity index (χ2n) is 5.29. The summed E-state index contributed by atoms with van der Waals surface area (Å²) in [6.07, 6.45) is 0. The Kier molecular flexibility index (Phi) is 5.21. The minimum Gasteiger partial charge on any atom is -0.493 e. The van der Waals surface area contributed by atoms with E-state index in [0.29, 0.717) is 23.7 Å². The quantitative estimate of drug-likeness (QED) is 0.915. The van der Waals surface area contributed by atoms with Crippen molar-refractivity contribution in [1.82, 2.24) is 4.98 Å². The van der Waals surface area contributed by atoms with Crippen LogP contribution in [0.2, 0.25) is 0 Å². The summed E-state index contributed by atoms with van der Waals surface area (Å²) in [4.78, 5) is 16.9. The lowest BCUT2D eigenvalue weighted by molar-refractivity contribution is 0.102. The molecule has 2 aromatic rings. The number of hydrogen-bond donors (Lipinski definition) is 1. The Morgan fingerprint density at radius 2 is 1.91 bits per heavy atom. The number of amides is 1. The van der Waals surface area contributed by atoms with E-state index in [2.05, 4.69) is 10.3 Å². The molecular formula is C18H22N2O3. The van der Waals surface area contributed by atoms with E-state index in [-0.39, 0.29) is 5.91 Å². The van der Waals surface area contributed by atoms with Gasteiger partial charge in [0.1, 0.15) is 0 Å². The zero-order valence-electron chi connectivity index (χ0n) is 14.2. The number of benzene rings is 1. The Balaban J connectivity index is 2.28. The van der Waals surface area contributed by atoms with Gasteiger partial charge in [-0.2, -0.15) is 0 Å². The maximum atomic E-state index is 12.5. The standard InChI is InChI=1S/C18H22N2O3/c1-6-23-15-8-7-14(10-16(15)22-5)18(21)20-17-11(2)9-12(3)19-13(17)4/h7-10H,6H2,1-5H3,(H,20,21). The Morgan fingerprint density at radius 1 is 1.17 bits per heavy atom. The zero-order chi connectivity index (χ0) is 17.0. The van der Waals surface area contributed by atoms with Gasteiger partial charge in [0.25, 0.3) is 5.91 Å². The molecule has 23 heavy (non-hydrogen) atoms. The van der Waals surface area contributed by atoms with Gasteiger partial charge < -0.3 is 14.8 Å². The maximum Gasteiger partial charge on any atom is 0.255 e. The molecule has 1 aromatic carbocycles. The van der Waals surface area contributed by atoms with Crippen LogP contribution in [-0.4, -0.2) is 24.6 Å². The van der Waals surface area contributed by atoms with Crippen molar-refractivity contribution in [2.45, 2.75) is 27.7 Å². The molecule has 1 N–H and O–H groups in total. The van der Waals surface area contributed by atoms with Crippen LogP contribution in [0, 0.1) is 20.8 Å². The van der Waals surface area contributed by atoms with Crippen LogP contribution < -0.4 is 14.8 Å². The van der Waals surface area contributed by atoms with Crippen molar-refractivity contribution < 1.29 is 14.3 Å². The molecule has 0 aliphatic heterocycles. The van der Waals surface area contributed by atoms with E-state index in [0.717, 1.165) is 22.6 Å². The van der Waals surface area contributed by atoms with Crippen LogP contribution in [0.25, 0.3) is 0 Å². The summed E-state index contributed by atoms with van der Waals surface area (Å²) in [5, 5.41) is 2.93. The van der Waals surface area contributed by atoms with E-state index in [1.807, 2.05) is 33.8 Å². The third kappa shape index (κ3) is 3.80. The summed E-state index contributed by atoms with van der Waals surface area (Å²) < 4.78 is 10.8. The van der Waals surface area contributed by atoms with Crippen molar-refractivity contribution in [3.8, 4) is 11.5 Å². The van der Waals surface area contributed by atoms with E-state index in [9.17, 15) is 4.79 Å². The minimum absolute atomic E-state index is 0.205. The molecule has 0 bridgehead atoms. The lowest BCUT2D eigenvalue weighted by Gasteiger charge is -2.14. The molecule has 122 valence electrons. The molecule has 0 fully saturated rings. The minimum atomic E-state index is -0.205. The van der Waals surface area contributed by atoms with Crippen LogP contribution in [0.4, 0.5) is 5.69 Å². The van der Waals surface area contributed by atoms with Crippen molar-refractivity contribution in [3.63, 3.8) is 0 Å². The monoisotopic (exact) mass is 314 g/mol. The Labute approximate surface area is 136 Å². The Bertz CT molecular complexity index is 703. The number of methoxy groups -OCH3 is 1. The van der Waals surface area contributed by atoms with Gasteiger partial charge in [0, 0.05) is 11.3 Å². The third-order valence-corrected chi connectivity index (χ3v) is 3.49. The van der Waals surface area contributed by atoms with E-state index in [1.165, 1.54) is 0 Å². The molecule has 0 radical (unpaired) electrons. The highest BCUT2D eigenvalue weighted by atomic mass is 16.5. The second kappa shape index (κ2) is 7.13. The summed E-state index contributed by atoms with van der Waals surface area (Å²) in [6, 6.07) is 7.08. The molecule has 0 saturated carbocycles. The van der Waals surface area contributed by atoms with Crippen molar-refractivity contribution in [1.29, 1.82) is 0 Å². The fourth-order valence-corrected chi connectivity index (χ4v) is 2.48. The molecule has 0 aliphatic rings. The van der Waals surface area contributed by atoms with E-state index in [4.69, 9.17) is 9.47 Å². The van der Waals surface area contributed by atoms with Gasteiger partial charge in [-0.05, 0) is 57.5 Å². The number of hydrogen-bond acceptors (Lipinski definition) is 4. The molecule has 1 aromatic heterocycles. The van der Waals surface area contributed by atoms with Gasteiger partial charge in [-0.15, -0.1) is 0 Å². The maximum absolute atomic E-state index is 12.5. The molecule has 5 nitrogen and oxygen atoms in total. The first-order chi connectivity index (χ1) is 11.0. The Hall–Kier alpha value is -2.56. The molecule has 2 rings (SSSR count). The number of rotatable bonds is 5. The average molecular weight is 314 g/mol. The van der Waals surface area contributed by atoms with Gasteiger partial charge in [-0.3, -0.25) is 9.78 Å². The lowest BCUT2D eigenvalue weighted by atomic mass is 10.1. The number of anilines is 1. The number of pyridine rings is 1. The number of ether oxygens (including phenoxy) is 2. The van der Waals surface area contributed by atoms with Gasteiger partial charge in [0.2, 0.25) is 0 Å². The number of carbonyl (C=O) groups is 1. The zero-order valence-corrected chi connectivity index (χ0v) is 14.2. The smallest absolute Gasteiger partial charge is 0.255 e. The van der Waals surface area contributed by atoms with Crippen molar-refractivity contribution in [3.05, 3.63) is 46.8 Å². The summed E-state index contributed by atoms with van der Waals surface area (Å²) in [5.74, 6) is 0.953. The SMILES string of the molecule is CCOc1ccc(C(=O)Nc2c(C)cc(C)nc2C)cc1OC. The lowest BCUT2D eigenvalue weighted by Crippen LogP contribution is -2.15. The summed E-state index contributed by atoms with van der Waals surface area (Å²) in [6.45, 7) is 8.21. The summed E-state index contributed by atoms with van der Waals surface area (Å²) in [5.41, 5.74) is 3.97. The highest BCUT2D eigenvalue weighted by Crippen LogP contribution is 2.29. The van der Waals surface area contributed by atoms with Crippen LogP contribution >= 0.6 is 0 Å². The van der Waals surface area contributed by atoms with Gasteiger partial charge in [0.15, 0.2) is 11.5 Å². The fraction of sp³-hybridized carbons (Fsp3) is 0.333. The number of carbonyl (C=O) groups excluding carboxylic acids is 1. The molecule has 1 amide bonds. The number of nitrogens with one attached hydrogen (secondary N) is 1. The predicted octanol–water partition coefficient (Wildman–Crippen LogP) is 3.67. The molecular weight excluding hydrogens is 292 g/mol. The van der Waals surface area contributed by atoms with Crippen LogP contribution in [0.3, 0.4) is 0 Å². The number of nitrogens with zero attached hydrogens (tertiary/aromatic N) is 1. The van der Waals surface area contributed by atoms with Gasteiger partial charge in [-0.1, -0.05) is 0 Å². The van der Waals surface area contributed by atoms with Gasteiger partial charge in [-0.25, -0.2) is 0 Å². The molecule has 5 heteroatoms. The van der Waals surface area contributed by atoms with Gasteiger partial charge in [0.05, 0.1) is 25.1 Å². The largest absolute Gasteiger partial charge is 0.493 e.